The van der Waals surface area contributed by atoms with Crippen LogP contribution in [0.3, 0.4) is 0 Å². The number of benzene rings is 3. The van der Waals surface area contributed by atoms with Crippen LogP contribution in [0.25, 0.3) is 0 Å². The molecule has 3 aromatic rings. The number of carbonyl (C=O) groups excluding carboxylic acids is 1. The summed E-state index contributed by atoms with van der Waals surface area (Å²) in [6, 6.07) is 25.7. The number of aliphatic hydroxyl groups is 1. The highest BCUT2D eigenvalue weighted by Gasteiger charge is 2.40. The number of carbonyl (C=O) groups is 1. The lowest BCUT2D eigenvalue weighted by Crippen LogP contribution is -2.39. The topological polar surface area (TPSA) is 65.0 Å². The predicted molar refractivity (Wildman–Crippen MR) is 133 cm³/mol. The standard InChI is InChI=1S/C29H34O5/c1-28(2,27(31)11-8-20-30)21-34-29(22-9-6-5-7-10-22,23-12-16-25(32-3)17-13-23)24-14-18-26(33-4)19-15-24/h5-7,9-10,12-19,30H,8,11,20-21H2,1-4H3. The number of aliphatic hydroxyl groups excluding tert-OH is 1. The Morgan fingerprint density at radius 3 is 1.68 bits per heavy atom. The minimum atomic E-state index is -0.964. The molecule has 0 radical (unpaired) electrons. The van der Waals surface area contributed by atoms with Gasteiger partial charge < -0.3 is 19.3 Å². The summed E-state index contributed by atoms with van der Waals surface area (Å²) in [7, 11) is 3.28. The van der Waals surface area contributed by atoms with Gasteiger partial charge in [0.05, 0.1) is 20.8 Å². The molecule has 0 aromatic heterocycles. The molecule has 0 saturated carbocycles. The van der Waals surface area contributed by atoms with Gasteiger partial charge >= 0.3 is 0 Å². The van der Waals surface area contributed by atoms with Crippen molar-refractivity contribution in [3.63, 3.8) is 0 Å². The van der Waals surface area contributed by atoms with Crippen molar-refractivity contribution >= 4 is 5.78 Å². The fourth-order valence-electron chi connectivity index (χ4n) is 4.02. The first-order valence-electron chi connectivity index (χ1n) is 11.5. The van der Waals surface area contributed by atoms with Crippen molar-refractivity contribution in [2.75, 3.05) is 27.4 Å². The number of methoxy groups -OCH3 is 2. The zero-order valence-electron chi connectivity index (χ0n) is 20.4. The van der Waals surface area contributed by atoms with Crippen molar-refractivity contribution < 1.29 is 24.1 Å². The van der Waals surface area contributed by atoms with Crippen LogP contribution in [0, 0.1) is 5.41 Å². The lowest BCUT2D eigenvalue weighted by Gasteiger charge is -2.38. The summed E-state index contributed by atoms with van der Waals surface area (Å²) in [6.07, 6.45) is 0.763. The Hall–Kier alpha value is -3.15. The zero-order valence-corrected chi connectivity index (χ0v) is 20.4. The quantitative estimate of drug-likeness (QED) is 0.366. The molecule has 0 aliphatic carbocycles. The van der Waals surface area contributed by atoms with E-state index in [0.29, 0.717) is 12.8 Å². The number of hydrogen-bond acceptors (Lipinski definition) is 5. The summed E-state index contributed by atoms with van der Waals surface area (Å²) >= 11 is 0. The van der Waals surface area contributed by atoms with E-state index in [-0.39, 0.29) is 19.0 Å². The Bertz CT molecular complexity index is 993. The Kier molecular flexibility index (Phi) is 8.48. The second-order valence-corrected chi connectivity index (χ2v) is 8.93. The molecule has 0 atom stereocenters. The van der Waals surface area contributed by atoms with Crippen molar-refractivity contribution in [2.24, 2.45) is 5.41 Å². The van der Waals surface area contributed by atoms with Crippen LogP contribution in [0.15, 0.2) is 78.9 Å². The molecule has 0 saturated heterocycles. The van der Waals surface area contributed by atoms with Gasteiger partial charge in [0.25, 0.3) is 0 Å². The molecule has 0 spiro atoms. The summed E-state index contributed by atoms with van der Waals surface area (Å²) in [6.45, 7) is 3.98. The first kappa shape index (κ1) is 25.5. The molecule has 0 unspecified atom stereocenters. The molecule has 0 aliphatic heterocycles. The van der Waals surface area contributed by atoms with Gasteiger partial charge in [0.1, 0.15) is 22.9 Å². The molecule has 0 amide bonds. The third kappa shape index (κ3) is 5.49. The van der Waals surface area contributed by atoms with Crippen molar-refractivity contribution in [3.05, 3.63) is 95.6 Å². The fourth-order valence-corrected chi connectivity index (χ4v) is 4.02. The molecule has 5 nitrogen and oxygen atoms in total. The number of ether oxygens (including phenoxy) is 3. The minimum absolute atomic E-state index is 0.00563. The number of Topliss-reactive ketones (excluding diaryl/α,β-unsaturated/α-hetero) is 1. The molecule has 0 aliphatic rings. The van der Waals surface area contributed by atoms with Gasteiger partial charge in [-0.2, -0.15) is 0 Å². The summed E-state index contributed by atoms with van der Waals surface area (Å²) in [5.74, 6) is 1.56. The van der Waals surface area contributed by atoms with Crippen LogP contribution < -0.4 is 9.47 Å². The largest absolute Gasteiger partial charge is 0.497 e. The van der Waals surface area contributed by atoms with Crippen molar-refractivity contribution in [2.45, 2.75) is 32.3 Å². The monoisotopic (exact) mass is 462 g/mol. The minimum Gasteiger partial charge on any atom is -0.497 e. The second-order valence-electron chi connectivity index (χ2n) is 8.93. The molecule has 0 fully saturated rings. The molecule has 180 valence electrons. The predicted octanol–water partition coefficient (Wildman–Crippen LogP) is 5.38. The van der Waals surface area contributed by atoms with Crippen molar-refractivity contribution in [3.8, 4) is 11.5 Å². The van der Waals surface area contributed by atoms with Gasteiger partial charge in [-0.3, -0.25) is 4.79 Å². The van der Waals surface area contributed by atoms with E-state index in [1.54, 1.807) is 14.2 Å². The van der Waals surface area contributed by atoms with E-state index >= 15 is 0 Å². The molecule has 5 heteroatoms. The average Bonchev–Trinajstić information content (AvgIpc) is 2.88. The van der Waals surface area contributed by atoms with Gasteiger partial charge in [-0.05, 0) is 47.4 Å². The maximum absolute atomic E-state index is 12.9. The smallest absolute Gasteiger partial charge is 0.143 e. The fraction of sp³-hybridized carbons (Fsp3) is 0.345. The first-order chi connectivity index (χ1) is 16.4. The summed E-state index contributed by atoms with van der Waals surface area (Å²) < 4.78 is 17.6. The molecule has 0 bridgehead atoms. The van der Waals surface area contributed by atoms with Gasteiger partial charge in [0.15, 0.2) is 0 Å². The molecule has 1 N–H and O–H groups in total. The van der Waals surface area contributed by atoms with Crippen LogP contribution in [0.1, 0.15) is 43.4 Å². The first-order valence-corrected chi connectivity index (χ1v) is 11.5. The molecular weight excluding hydrogens is 428 g/mol. The van der Waals surface area contributed by atoms with E-state index in [4.69, 9.17) is 19.3 Å². The van der Waals surface area contributed by atoms with Gasteiger partial charge in [0.2, 0.25) is 0 Å². The van der Waals surface area contributed by atoms with E-state index < -0.39 is 11.0 Å². The Balaban J connectivity index is 2.15. The lowest BCUT2D eigenvalue weighted by atomic mass is 9.79. The van der Waals surface area contributed by atoms with Gasteiger partial charge in [-0.1, -0.05) is 68.4 Å². The Morgan fingerprint density at radius 1 is 0.765 bits per heavy atom. The van der Waals surface area contributed by atoms with Crippen LogP contribution in [0.4, 0.5) is 0 Å². The van der Waals surface area contributed by atoms with Crippen LogP contribution in [-0.2, 0) is 15.1 Å². The van der Waals surface area contributed by atoms with E-state index in [2.05, 4.69) is 0 Å². The summed E-state index contributed by atoms with van der Waals surface area (Å²) in [5.41, 5.74) is 1.10. The van der Waals surface area contributed by atoms with Crippen molar-refractivity contribution in [1.29, 1.82) is 0 Å². The maximum atomic E-state index is 12.9. The third-order valence-corrected chi connectivity index (χ3v) is 6.14. The van der Waals surface area contributed by atoms with Gasteiger partial charge in [-0.15, -0.1) is 0 Å². The Morgan fingerprint density at radius 2 is 1.24 bits per heavy atom. The van der Waals surface area contributed by atoms with E-state index in [1.807, 2.05) is 92.7 Å². The lowest BCUT2D eigenvalue weighted by molar-refractivity contribution is -0.133. The van der Waals surface area contributed by atoms with Crippen molar-refractivity contribution in [1.82, 2.24) is 0 Å². The van der Waals surface area contributed by atoms with Gasteiger partial charge in [-0.25, -0.2) is 0 Å². The number of hydrogen-bond donors (Lipinski definition) is 1. The highest BCUT2D eigenvalue weighted by molar-refractivity contribution is 5.84. The maximum Gasteiger partial charge on any atom is 0.143 e. The highest BCUT2D eigenvalue weighted by atomic mass is 16.5. The second kappa shape index (κ2) is 11.3. The normalized spacial score (nSPS) is 11.8. The molecule has 3 aromatic carbocycles. The molecule has 34 heavy (non-hydrogen) atoms. The molecule has 3 rings (SSSR count). The van der Waals surface area contributed by atoms with Gasteiger partial charge in [0, 0.05) is 18.4 Å². The zero-order chi connectivity index (χ0) is 24.6. The molecular formula is C29H34O5. The number of ketones is 1. The average molecular weight is 463 g/mol. The van der Waals surface area contributed by atoms with Crippen LogP contribution in [0.5, 0.6) is 11.5 Å². The third-order valence-electron chi connectivity index (χ3n) is 6.14. The SMILES string of the molecule is COc1ccc(C(OCC(C)(C)C(=O)CCCO)(c2ccccc2)c2ccc(OC)cc2)cc1. The summed E-state index contributed by atoms with van der Waals surface area (Å²) in [4.78, 5) is 12.9. The van der Waals surface area contributed by atoms with Crippen LogP contribution in [0.2, 0.25) is 0 Å². The van der Waals surface area contributed by atoms with E-state index in [1.165, 1.54) is 0 Å². The van der Waals surface area contributed by atoms with Crippen LogP contribution in [-0.4, -0.2) is 38.3 Å². The van der Waals surface area contributed by atoms with E-state index in [0.717, 1.165) is 28.2 Å². The van der Waals surface area contributed by atoms with E-state index in [9.17, 15) is 4.79 Å². The highest BCUT2D eigenvalue weighted by Crippen LogP contribution is 2.43. The Labute approximate surface area is 202 Å². The molecule has 0 heterocycles. The number of rotatable bonds is 12. The summed E-state index contributed by atoms with van der Waals surface area (Å²) in [5, 5.41) is 9.17. The van der Waals surface area contributed by atoms with Crippen LogP contribution >= 0.6 is 0 Å².